The molecule has 0 aliphatic rings. The lowest BCUT2D eigenvalue weighted by Crippen LogP contribution is -2.17. The van der Waals surface area contributed by atoms with E-state index in [4.69, 9.17) is 0 Å². The zero-order valence-corrected chi connectivity index (χ0v) is 12.7. The number of nitrogens with zero attached hydrogens (tertiary/aromatic N) is 2. The van der Waals surface area contributed by atoms with Gasteiger partial charge in [-0.25, -0.2) is 9.89 Å². The molecule has 2 rings (SSSR count). The second kappa shape index (κ2) is 7.94. The van der Waals surface area contributed by atoms with Crippen molar-refractivity contribution in [3.05, 3.63) is 46.4 Å². The zero-order chi connectivity index (χ0) is 14.2. The molecule has 1 aromatic carbocycles. The van der Waals surface area contributed by atoms with Crippen LogP contribution < -0.4 is 5.69 Å². The van der Waals surface area contributed by atoms with Crippen LogP contribution in [0.4, 0.5) is 0 Å². The van der Waals surface area contributed by atoms with Gasteiger partial charge in [0.05, 0.1) is 0 Å². The fourth-order valence-corrected chi connectivity index (χ4v) is 2.92. The summed E-state index contributed by atoms with van der Waals surface area (Å²) in [6, 6.07) is 10.5. The number of H-pyrrole nitrogens is 1. The van der Waals surface area contributed by atoms with Crippen LogP contribution in [0, 0.1) is 0 Å². The van der Waals surface area contributed by atoms with Gasteiger partial charge in [-0.05, 0) is 24.8 Å². The maximum absolute atomic E-state index is 11.6. The first-order valence-corrected chi connectivity index (χ1v) is 8.11. The molecular formula is C15H21N3OS. The quantitative estimate of drug-likeness (QED) is 0.600. The van der Waals surface area contributed by atoms with Crippen molar-refractivity contribution < 1.29 is 0 Å². The number of hydrogen-bond donors (Lipinski definition) is 1. The molecule has 0 saturated heterocycles. The third-order valence-electron chi connectivity index (χ3n) is 3.14. The molecule has 1 aromatic heterocycles. The molecule has 0 bridgehead atoms. The van der Waals surface area contributed by atoms with Crippen molar-refractivity contribution in [3.8, 4) is 0 Å². The molecule has 0 unspecified atom stereocenters. The van der Waals surface area contributed by atoms with Crippen molar-refractivity contribution in [2.24, 2.45) is 0 Å². The largest absolute Gasteiger partial charge is 0.343 e. The molecule has 20 heavy (non-hydrogen) atoms. The Bertz CT molecular complexity index is 562. The molecule has 1 N–H and O–H groups in total. The van der Waals surface area contributed by atoms with Crippen molar-refractivity contribution in [1.29, 1.82) is 0 Å². The summed E-state index contributed by atoms with van der Waals surface area (Å²) in [7, 11) is 0. The van der Waals surface area contributed by atoms with E-state index < -0.39 is 0 Å². The van der Waals surface area contributed by atoms with Crippen LogP contribution in [-0.4, -0.2) is 20.5 Å². The van der Waals surface area contributed by atoms with Gasteiger partial charge < -0.3 is 0 Å². The first-order valence-electron chi connectivity index (χ1n) is 7.13. The second-order valence-electron chi connectivity index (χ2n) is 4.75. The van der Waals surface area contributed by atoms with E-state index in [0.717, 1.165) is 43.1 Å². The SMILES string of the molecule is CCCCn1c(SCCCc2ccccc2)n[nH]c1=O. The maximum atomic E-state index is 11.6. The highest BCUT2D eigenvalue weighted by molar-refractivity contribution is 7.99. The van der Waals surface area contributed by atoms with Gasteiger partial charge in [0, 0.05) is 12.3 Å². The summed E-state index contributed by atoms with van der Waals surface area (Å²) in [4.78, 5) is 11.6. The maximum Gasteiger partial charge on any atom is 0.343 e. The monoisotopic (exact) mass is 291 g/mol. The Morgan fingerprint density at radius 2 is 2.05 bits per heavy atom. The molecule has 0 atom stereocenters. The smallest absolute Gasteiger partial charge is 0.270 e. The highest BCUT2D eigenvalue weighted by Crippen LogP contribution is 2.16. The number of unbranched alkanes of at least 4 members (excludes halogenated alkanes) is 1. The molecule has 0 saturated carbocycles. The minimum atomic E-state index is -0.0935. The molecule has 1 heterocycles. The Kier molecular flexibility index (Phi) is 5.92. The van der Waals surface area contributed by atoms with Crippen molar-refractivity contribution in [1.82, 2.24) is 14.8 Å². The van der Waals surface area contributed by atoms with Crippen molar-refractivity contribution >= 4 is 11.8 Å². The Morgan fingerprint density at radius 3 is 2.80 bits per heavy atom. The van der Waals surface area contributed by atoms with Crippen LogP contribution in [0.2, 0.25) is 0 Å². The lowest BCUT2D eigenvalue weighted by atomic mass is 10.1. The number of nitrogens with one attached hydrogen (secondary N) is 1. The van der Waals surface area contributed by atoms with E-state index in [1.807, 2.05) is 6.07 Å². The summed E-state index contributed by atoms with van der Waals surface area (Å²) < 4.78 is 1.75. The summed E-state index contributed by atoms with van der Waals surface area (Å²) in [6.07, 6.45) is 4.24. The van der Waals surface area contributed by atoms with E-state index >= 15 is 0 Å². The summed E-state index contributed by atoms with van der Waals surface area (Å²) in [6.45, 7) is 2.88. The Balaban J connectivity index is 1.81. The standard InChI is InChI=1S/C15H21N3OS/c1-2-3-11-18-14(19)16-17-15(18)20-12-7-10-13-8-5-4-6-9-13/h4-6,8-9H,2-3,7,10-12H2,1H3,(H,16,19). The Labute approximate surface area is 123 Å². The van der Waals surface area contributed by atoms with E-state index in [0.29, 0.717) is 0 Å². The summed E-state index contributed by atoms with van der Waals surface area (Å²) >= 11 is 1.66. The molecule has 0 aliphatic carbocycles. The molecule has 2 aromatic rings. The van der Waals surface area contributed by atoms with Crippen LogP contribution in [0.15, 0.2) is 40.3 Å². The molecular weight excluding hydrogens is 270 g/mol. The molecule has 0 amide bonds. The lowest BCUT2D eigenvalue weighted by Gasteiger charge is -2.04. The zero-order valence-electron chi connectivity index (χ0n) is 11.8. The predicted molar refractivity (Wildman–Crippen MR) is 83.2 cm³/mol. The van der Waals surface area contributed by atoms with Crippen LogP contribution in [0.1, 0.15) is 31.7 Å². The molecule has 0 radical (unpaired) electrons. The van der Waals surface area contributed by atoms with Crippen LogP contribution in [0.3, 0.4) is 0 Å². The Morgan fingerprint density at radius 1 is 1.25 bits per heavy atom. The average molecular weight is 291 g/mol. The van der Waals surface area contributed by atoms with Gasteiger partial charge in [-0.15, -0.1) is 5.10 Å². The van der Waals surface area contributed by atoms with Crippen LogP contribution in [0.5, 0.6) is 0 Å². The molecule has 0 fully saturated rings. The number of rotatable bonds is 8. The fraction of sp³-hybridized carbons (Fsp3) is 0.467. The van der Waals surface area contributed by atoms with Gasteiger partial charge in [0.2, 0.25) is 0 Å². The number of aromatic nitrogens is 3. The third kappa shape index (κ3) is 4.27. The van der Waals surface area contributed by atoms with E-state index in [9.17, 15) is 4.79 Å². The minimum absolute atomic E-state index is 0.0935. The predicted octanol–water partition coefficient (Wildman–Crippen LogP) is 3.10. The second-order valence-corrected chi connectivity index (χ2v) is 5.82. The normalized spacial score (nSPS) is 10.8. The van der Waals surface area contributed by atoms with Gasteiger partial charge in [0.25, 0.3) is 0 Å². The minimum Gasteiger partial charge on any atom is -0.270 e. The third-order valence-corrected chi connectivity index (χ3v) is 4.20. The first-order chi connectivity index (χ1) is 9.81. The molecule has 4 nitrogen and oxygen atoms in total. The van der Waals surface area contributed by atoms with E-state index in [1.165, 1.54) is 5.56 Å². The van der Waals surface area contributed by atoms with E-state index in [1.54, 1.807) is 16.3 Å². The van der Waals surface area contributed by atoms with Crippen LogP contribution in [-0.2, 0) is 13.0 Å². The van der Waals surface area contributed by atoms with Gasteiger partial charge in [0.15, 0.2) is 5.16 Å². The summed E-state index contributed by atoms with van der Waals surface area (Å²) in [5.74, 6) is 0.977. The molecule has 108 valence electrons. The summed E-state index contributed by atoms with van der Waals surface area (Å²) in [5.41, 5.74) is 1.27. The molecule has 0 spiro atoms. The number of benzene rings is 1. The lowest BCUT2D eigenvalue weighted by molar-refractivity contribution is 0.573. The van der Waals surface area contributed by atoms with Crippen LogP contribution >= 0.6 is 11.8 Å². The topological polar surface area (TPSA) is 50.7 Å². The number of thioether (sulfide) groups is 1. The van der Waals surface area contributed by atoms with Crippen LogP contribution in [0.25, 0.3) is 0 Å². The Hall–Kier alpha value is -1.49. The number of aryl methyl sites for hydroxylation is 1. The van der Waals surface area contributed by atoms with Crippen molar-refractivity contribution in [2.45, 2.75) is 44.3 Å². The van der Waals surface area contributed by atoms with Gasteiger partial charge in [0.1, 0.15) is 0 Å². The van der Waals surface area contributed by atoms with Gasteiger partial charge in [-0.2, -0.15) is 0 Å². The number of aromatic amines is 1. The highest BCUT2D eigenvalue weighted by atomic mass is 32.2. The van der Waals surface area contributed by atoms with Crippen molar-refractivity contribution in [3.63, 3.8) is 0 Å². The number of hydrogen-bond acceptors (Lipinski definition) is 3. The molecule has 5 heteroatoms. The molecule has 0 aliphatic heterocycles. The fourth-order valence-electron chi connectivity index (χ4n) is 2.01. The van der Waals surface area contributed by atoms with Crippen molar-refractivity contribution in [2.75, 3.05) is 5.75 Å². The van der Waals surface area contributed by atoms with E-state index in [-0.39, 0.29) is 5.69 Å². The van der Waals surface area contributed by atoms with E-state index in [2.05, 4.69) is 41.4 Å². The highest BCUT2D eigenvalue weighted by Gasteiger charge is 2.07. The van der Waals surface area contributed by atoms with Gasteiger partial charge >= 0.3 is 5.69 Å². The summed E-state index contributed by atoms with van der Waals surface area (Å²) in [5, 5.41) is 7.46. The average Bonchev–Trinajstić information content (AvgIpc) is 2.83. The van der Waals surface area contributed by atoms with Gasteiger partial charge in [-0.1, -0.05) is 55.4 Å². The first kappa shape index (κ1) is 14.9. The van der Waals surface area contributed by atoms with Gasteiger partial charge in [-0.3, -0.25) is 4.57 Å².